The maximum atomic E-state index is 6.09. The number of nitrogens with zero attached hydrogens (tertiary/aromatic N) is 4. The van der Waals surface area contributed by atoms with Crippen molar-refractivity contribution in [2.75, 3.05) is 7.05 Å². The number of hydrogen-bond acceptors (Lipinski definition) is 4. The molecule has 5 nitrogen and oxygen atoms in total. The highest BCUT2D eigenvalue weighted by atomic mass is 35.5. The van der Waals surface area contributed by atoms with Crippen LogP contribution in [0.5, 0.6) is 0 Å². The van der Waals surface area contributed by atoms with Gasteiger partial charge in [0.15, 0.2) is 5.82 Å². The molecule has 1 aromatic heterocycles. The molecular weight excluding hydrogens is 249 g/mol. The molecule has 0 radical (unpaired) electrons. The number of aromatic nitrogens is 4. The Morgan fingerprint density at radius 1 is 1.38 bits per heavy atom. The summed E-state index contributed by atoms with van der Waals surface area (Å²) in [5.41, 5.74) is 0.671. The largest absolute Gasteiger partial charge is 0.313 e. The quantitative estimate of drug-likeness (QED) is 0.910. The van der Waals surface area contributed by atoms with Gasteiger partial charge in [-0.3, -0.25) is 0 Å². The standard InChI is InChI=1S/C9H9Cl2N5/c1-12-5-8-13-14-15-16(8)7-4-2-3-6(10)9(7)11/h2-4,12H,5H2,1H3. The van der Waals surface area contributed by atoms with Crippen LogP contribution in [0.3, 0.4) is 0 Å². The van der Waals surface area contributed by atoms with Gasteiger partial charge in [0.05, 0.1) is 22.3 Å². The van der Waals surface area contributed by atoms with Crippen LogP contribution in [-0.2, 0) is 6.54 Å². The fraction of sp³-hybridized carbons (Fsp3) is 0.222. The van der Waals surface area contributed by atoms with Crippen molar-refractivity contribution in [1.29, 1.82) is 0 Å². The van der Waals surface area contributed by atoms with Crippen LogP contribution >= 0.6 is 23.2 Å². The molecule has 0 spiro atoms. The van der Waals surface area contributed by atoms with Crippen molar-refractivity contribution >= 4 is 23.2 Å². The Morgan fingerprint density at radius 2 is 2.19 bits per heavy atom. The zero-order valence-corrected chi connectivity index (χ0v) is 10.00. The Hall–Kier alpha value is -1.17. The number of rotatable bonds is 3. The summed E-state index contributed by atoms with van der Waals surface area (Å²) in [6.45, 7) is 0.551. The second-order valence-electron chi connectivity index (χ2n) is 3.11. The molecule has 1 aromatic carbocycles. The van der Waals surface area contributed by atoms with Gasteiger partial charge in [-0.2, -0.15) is 4.68 Å². The predicted octanol–water partition coefficient (Wildman–Crippen LogP) is 1.69. The molecule has 0 aliphatic rings. The van der Waals surface area contributed by atoms with E-state index in [1.807, 2.05) is 13.1 Å². The van der Waals surface area contributed by atoms with Crippen LogP contribution in [0.25, 0.3) is 5.69 Å². The SMILES string of the molecule is CNCc1nnnn1-c1cccc(Cl)c1Cl. The molecule has 0 aliphatic heterocycles. The third-order valence-electron chi connectivity index (χ3n) is 2.03. The average Bonchev–Trinajstić information content (AvgIpc) is 2.71. The highest BCUT2D eigenvalue weighted by Crippen LogP contribution is 2.28. The third-order valence-corrected chi connectivity index (χ3v) is 2.84. The van der Waals surface area contributed by atoms with Crippen molar-refractivity contribution < 1.29 is 0 Å². The zero-order valence-electron chi connectivity index (χ0n) is 8.48. The first-order valence-corrected chi connectivity index (χ1v) is 5.36. The lowest BCUT2D eigenvalue weighted by Gasteiger charge is -2.06. The number of benzene rings is 1. The van der Waals surface area contributed by atoms with Gasteiger partial charge in [-0.1, -0.05) is 29.3 Å². The van der Waals surface area contributed by atoms with E-state index in [1.54, 1.807) is 16.8 Å². The van der Waals surface area contributed by atoms with Crippen LogP contribution < -0.4 is 5.32 Å². The minimum atomic E-state index is 0.439. The van der Waals surface area contributed by atoms with Crippen LogP contribution in [0.15, 0.2) is 18.2 Å². The minimum Gasteiger partial charge on any atom is -0.313 e. The van der Waals surface area contributed by atoms with E-state index in [9.17, 15) is 0 Å². The van der Waals surface area contributed by atoms with Crippen molar-refractivity contribution in [1.82, 2.24) is 25.5 Å². The summed E-state index contributed by atoms with van der Waals surface area (Å²) in [4.78, 5) is 0. The molecule has 0 atom stereocenters. The van der Waals surface area contributed by atoms with Gasteiger partial charge in [-0.25, -0.2) is 0 Å². The summed E-state index contributed by atoms with van der Waals surface area (Å²) in [6.07, 6.45) is 0. The second-order valence-corrected chi connectivity index (χ2v) is 3.90. The van der Waals surface area contributed by atoms with Gasteiger partial charge in [0.2, 0.25) is 0 Å². The van der Waals surface area contributed by atoms with Crippen molar-refractivity contribution in [2.24, 2.45) is 0 Å². The Kier molecular flexibility index (Phi) is 3.38. The van der Waals surface area contributed by atoms with Crippen LogP contribution in [0.4, 0.5) is 0 Å². The minimum absolute atomic E-state index is 0.439. The van der Waals surface area contributed by atoms with Gasteiger partial charge in [0.1, 0.15) is 0 Å². The summed E-state index contributed by atoms with van der Waals surface area (Å²) in [6, 6.07) is 5.33. The lowest BCUT2D eigenvalue weighted by molar-refractivity contribution is 0.709. The molecular formula is C9H9Cl2N5. The topological polar surface area (TPSA) is 55.6 Å². The zero-order chi connectivity index (χ0) is 11.5. The van der Waals surface area contributed by atoms with Gasteiger partial charge >= 0.3 is 0 Å². The van der Waals surface area contributed by atoms with Crippen LogP contribution in [0, 0.1) is 0 Å². The number of tetrazole rings is 1. The van der Waals surface area contributed by atoms with E-state index in [-0.39, 0.29) is 0 Å². The van der Waals surface area contributed by atoms with E-state index in [2.05, 4.69) is 20.8 Å². The van der Waals surface area contributed by atoms with E-state index in [0.717, 1.165) is 0 Å². The summed E-state index contributed by atoms with van der Waals surface area (Å²) in [5.74, 6) is 0.673. The first kappa shape index (κ1) is 11.3. The highest BCUT2D eigenvalue weighted by molar-refractivity contribution is 6.43. The van der Waals surface area contributed by atoms with E-state index in [0.29, 0.717) is 28.1 Å². The lowest BCUT2D eigenvalue weighted by atomic mass is 10.3. The molecule has 16 heavy (non-hydrogen) atoms. The normalized spacial score (nSPS) is 10.7. The predicted molar refractivity (Wildman–Crippen MR) is 61.9 cm³/mol. The number of hydrogen-bond donors (Lipinski definition) is 1. The van der Waals surface area contributed by atoms with Gasteiger partial charge in [-0.05, 0) is 29.6 Å². The van der Waals surface area contributed by atoms with Crippen LogP contribution in [0.1, 0.15) is 5.82 Å². The van der Waals surface area contributed by atoms with E-state index in [1.165, 1.54) is 0 Å². The molecule has 2 aromatic rings. The summed E-state index contributed by atoms with van der Waals surface area (Å²) >= 11 is 12.0. The monoisotopic (exact) mass is 257 g/mol. The van der Waals surface area contributed by atoms with Crippen LogP contribution in [-0.4, -0.2) is 27.3 Å². The Bertz CT molecular complexity index is 496. The van der Waals surface area contributed by atoms with Crippen molar-refractivity contribution in [3.05, 3.63) is 34.1 Å². The lowest BCUT2D eigenvalue weighted by Crippen LogP contribution is -2.12. The molecule has 0 aliphatic carbocycles. The first-order chi connectivity index (χ1) is 7.74. The Labute approximate surface area is 102 Å². The molecule has 1 heterocycles. The maximum Gasteiger partial charge on any atom is 0.170 e. The second kappa shape index (κ2) is 4.78. The molecule has 1 N–H and O–H groups in total. The molecule has 0 saturated carbocycles. The molecule has 84 valence electrons. The highest BCUT2D eigenvalue weighted by Gasteiger charge is 2.12. The van der Waals surface area contributed by atoms with E-state index < -0.39 is 0 Å². The van der Waals surface area contributed by atoms with Crippen molar-refractivity contribution in [2.45, 2.75) is 6.54 Å². The molecule has 0 fully saturated rings. The average molecular weight is 258 g/mol. The van der Waals surface area contributed by atoms with E-state index in [4.69, 9.17) is 23.2 Å². The molecule has 2 rings (SSSR count). The van der Waals surface area contributed by atoms with Crippen molar-refractivity contribution in [3.8, 4) is 5.69 Å². The number of halogens is 2. The molecule has 0 amide bonds. The Balaban J connectivity index is 2.50. The first-order valence-electron chi connectivity index (χ1n) is 4.60. The fourth-order valence-corrected chi connectivity index (χ4v) is 1.69. The van der Waals surface area contributed by atoms with Gasteiger partial charge in [-0.15, -0.1) is 5.10 Å². The van der Waals surface area contributed by atoms with Crippen molar-refractivity contribution in [3.63, 3.8) is 0 Å². The van der Waals surface area contributed by atoms with Gasteiger partial charge < -0.3 is 5.32 Å². The molecule has 0 bridgehead atoms. The summed E-state index contributed by atoms with van der Waals surface area (Å²) < 4.78 is 1.56. The molecule has 0 unspecified atom stereocenters. The smallest absolute Gasteiger partial charge is 0.170 e. The maximum absolute atomic E-state index is 6.09. The third kappa shape index (κ3) is 2.02. The van der Waals surface area contributed by atoms with Crippen LogP contribution in [0.2, 0.25) is 10.0 Å². The summed E-state index contributed by atoms with van der Waals surface area (Å²) in [5, 5.41) is 15.3. The van der Waals surface area contributed by atoms with E-state index >= 15 is 0 Å². The Morgan fingerprint density at radius 3 is 2.94 bits per heavy atom. The fourth-order valence-electron chi connectivity index (χ4n) is 1.32. The summed E-state index contributed by atoms with van der Waals surface area (Å²) in [7, 11) is 1.82. The number of nitrogens with one attached hydrogen (secondary N) is 1. The molecule has 0 saturated heterocycles. The van der Waals surface area contributed by atoms with Gasteiger partial charge in [0.25, 0.3) is 0 Å². The van der Waals surface area contributed by atoms with Gasteiger partial charge in [0, 0.05) is 0 Å². The molecule has 7 heteroatoms.